The molecule has 0 fully saturated rings. The number of rotatable bonds is 13. The highest BCUT2D eigenvalue weighted by molar-refractivity contribution is 5.69. The van der Waals surface area contributed by atoms with E-state index < -0.39 is 5.97 Å². The van der Waals surface area contributed by atoms with Gasteiger partial charge in [0.05, 0.1) is 0 Å². The van der Waals surface area contributed by atoms with E-state index in [9.17, 15) is 9.59 Å². The van der Waals surface area contributed by atoms with Crippen molar-refractivity contribution in [1.82, 2.24) is 0 Å². The van der Waals surface area contributed by atoms with Crippen LogP contribution in [-0.4, -0.2) is 23.7 Å². The lowest BCUT2D eigenvalue weighted by Crippen LogP contribution is -2.04. The molecule has 0 amide bonds. The molecule has 1 N–H and O–H groups in total. The van der Waals surface area contributed by atoms with Gasteiger partial charge in [0.25, 0.3) is 0 Å². The van der Waals surface area contributed by atoms with Gasteiger partial charge in [0, 0.05) is 12.8 Å². The summed E-state index contributed by atoms with van der Waals surface area (Å²) < 4.78 is 5.06. The van der Waals surface area contributed by atoms with E-state index in [4.69, 9.17) is 9.84 Å². The first-order valence-corrected chi connectivity index (χ1v) is 7.69. The first-order valence-electron chi connectivity index (χ1n) is 7.69. The molecule has 0 saturated heterocycles. The van der Waals surface area contributed by atoms with Crippen LogP contribution in [0.5, 0.6) is 0 Å². The third-order valence-electron chi connectivity index (χ3n) is 3.00. The predicted octanol–water partition coefficient (Wildman–Crippen LogP) is 4.09. The topological polar surface area (TPSA) is 63.6 Å². The second-order valence-corrected chi connectivity index (χ2v) is 4.96. The molecule has 0 spiro atoms. The maximum Gasteiger partial charge on any atom is 0.306 e. The minimum atomic E-state index is -0.781. The van der Waals surface area contributed by atoms with E-state index in [-0.39, 0.29) is 12.4 Å². The molecule has 0 atom stereocenters. The Morgan fingerprint density at radius 2 is 1.65 bits per heavy atom. The fraction of sp³-hybridized carbons (Fsp3) is 0.750. The van der Waals surface area contributed by atoms with E-state index in [0.717, 1.165) is 12.8 Å². The molecule has 0 aromatic carbocycles. The van der Waals surface area contributed by atoms with E-state index in [1.54, 1.807) is 0 Å². The van der Waals surface area contributed by atoms with Crippen LogP contribution in [0.3, 0.4) is 0 Å². The van der Waals surface area contributed by atoms with E-state index in [2.05, 4.69) is 13.0 Å². The number of hydrogen-bond acceptors (Lipinski definition) is 3. The monoisotopic (exact) mass is 284 g/mol. The summed E-state index contributed by atoms with van der Waals surface area (Å²) in [7, 11) is 0. The minimum absolute atomic E-state index is 0.176. The Balaban J connectivity index is 3.31. The highest BCUT2D eigenvalue weighted by atomic mass is 16.5. The molecule has 0 unspecified atom stereocenters. The standard InChI is InChI=1S/C16H28O4/c1-2-3-4-5-6-7-11-14-20-16(19)13-10-8-9-12-15(17)18/h7,11H,2-6,8-10,12-14H2,1H3,(H,17,18). The van der Waals surface area contributed by atoms with Gasteiger partial charge in [-0.3, -0.25) is 9.59 Å². The second kappa shape index (κ2) is 14.1. The zero-order valence-corrected chi connectivity index (χ0v) is 12.6. The Morgan fingerprint density at radius 1 is 0.950 bits per heavy atom. The van der Waals surface area contributed by atoms with Crippen LogP contribution in [0.4, 0.5) is 0 Å². The molecule has 0 bridgehead atoms. The Bertz CT molecular complexity index is 284. The van der Waals surface area contributed by atoms with Crippen LogP contribution in [0.1, 0.15) is 71.1 Å². The van der Waals surface area contributed by atoms with Gasteiger partial charge >= 0.3 is 11.9 Å². The van der Waals surface area contributed by atoms with Gasteiger partial charge in [0.15, 0.2) is 0 Å². The van der Waals surface area contributed by atoms with Gasteiger partial charge < -0.3 is 9.84 Å². The Labute approximate surface area is 122 Å². The highest BCUT2D eigenvalue weighted by Gasteiger charge is 2.02. The lowest BCUT2D eigenvalue weighted by atomic mass is 10.1. The number of allylic oxidation sites excluding steroid dienone is 1. The molecule has 116 valence electrons. The summed E-state index contributed by atoms with van der Waals surface area (Å²) in [6, 6.07) is 0. The molecule has 0 aliphatic rings. The number of carbonyl (C=O) groups excluding carboxylic acids is 1. The molecule has 0 aliphatic heterocycles. The summed E-state index contributed by atoms with van der Waals surface area (Å²) in [6.07, 6.45) is 12.6. The molecular weight excluding hydrogens is 256 g/mol. The number of unbranched alkanes of at least 4 members (excludes halogenated alkanes) is 6. The van der Waals surface area contributed by atoms with Crippen LogP contribution >= 0.6 is 0 Å². The number of hydrogen-bond donors (Lipinski definition) is 1. The molecule has 4 nitrogen and oxygen atoms in total. The molecular formula is C16H28O4. The van der Waals surface area contributed by atoms with E-state index in [1.807, 2.05) is 6.08 Å². The van der Waals surface area contributed by atoms with Crippen LogP contribution in [0, 0.1) is 0 Å². The fourth-order valence-corrected chi connectivity index (χ4v) is 1.81. The lowest BCUT2D eigenvalue weighted by Gasteiger charge is -2.01. The molecule has 0 aromatic heterocycles. The largest absolute Gasteiger partial charge is 0.481 e. The zero-order valence-electron chi connectivity index (χ0n) is 12.6. The van der Waals surface area contributed by atoms with Crippen LogP contribution < -0.4 is 0 Å². The molecule has 4 heteroatoms. The van der Waals surface area contributed by atoms with Crippen molar-refractivity contribution in [3.05, 3.63) is 12.2 Å². The normalized spacial score (nSPS) is 10.8. The van der Waals surface area contributed by atoms with E-state index >= 15 is 0 Å². The van der Waals surface area contributed by atoms with Gasteiger partial charge in [-0.25, -0.2) is 0 Å². The third kappa shape index (κ3) is 14.7. The van der Waals surface area contributed by atoms with Crippen molar-refractivity contribution < 1.29 is 19.4 Å². The molecule has 0 aliphatic carbocycles. The first kappa shape index (κ1) is 18.7. The van der Waals surface area contributed by atoms with Crippen molar-refractivity contribution in [2.75, 3.05) is 6.61 Å². The van der Waals surface area contributed by atoms with Crippen LogP contribution in [0.25, 0.3) is 0 Å². The van der Waals surface area contributed by atoms with Gasteiger partial charge in [-0.1, -0.05) is 44.8 Å². The third-order valence-corrected chi connectivity index (χ3v) is 3.00. The van der Waals surface area contributed by atoms with Gasteiger partial charge in [-0.15, -0.1) is 0 Å². The summed E-state index contributed by atoms with van der Waals surface area (Å²) in [6.45, 7) is 2.54. The van der Waals surface area contributed by atoms with Crippen molar-refractivity contribution in [2.45, 2.75) is 71.1 Å². The Morgan fingerprint density at radius 3 is 2.35 bits per heavy atom. The SMILES string of the molecule is CCCCCCC=CCOC(=O)CCCCCC(=O)O. The molecule has 20 heavy (non-hydrogen) atoms. The Hall–Kier alpha value is -1.32. The molecule has 0 heterocycles. The quantitative estimate of drug-likeness (QED) is 0.314. The van der Waals surface area contributed by atoms with Crippen molar-refractivity contribution in [3.8, 4) is 0 Å². The molecule has 0 saturated carbocycles. The van der Waals surface area contributed by atoms with Crippen molar-refractivity contribution in [3.63, 3.8) is 0 Å². The van der Waals surface area contributed by atoms with Crippen molar-refractivity contribution in [1.29, 1.82) is 0 Å². The number of ether oxygens (including phenoxy) is 1. The second-order valence-electron chi connectivity index (χ2n) is 4.96. The molecule has 0 aromatic rings. The lowest BCUT2D eigenvalue weighted by molar-refractivity contribution is -0.142. The summed E-state index contributed by atoms with van der Waals surface area (Å²) in [5.41, 5.74) is 0. The molecule has 0 rings (SSSR count). The van der Waals surface area contributed by atoms with Crippen molar-refractivity contribution in [2.24, 2.45) is 0 Å². The van der Waals surface area contributed by atoms with E-state index in [1.165, 1.54) is 25.7 Å². The maximum absolute atomic E-state index is 11.3. The van der Waals surface area contributed by atoms with E-state index in [0.29, 0.717) is 25.9 Å². The van der Waals surface area contributed by atoms with Crippen LogP contribution in [-0.2, 0) is 14.3 Å². The number of esters is 1. The fourth-order valence-electron chi connectivity index (χ4n) is 1.81. The highest BCUT2D eigenvalue weighted by Crippen LogP contribution is 2.05. The van der Waals surface area contributed by atoms with Gasteiger partial charge in [0.1, 0.15) is 6.61 Å². The summed E-state index contributed by atoms with van der Waals surface area (Å²) in [5.74, 6) is -0.979. The number of carboxylic acids is 1. The average Bonchev–Trinajstić information content (AvgIpc) is 2.41. The smallest absolute Gasteiger partial charge is 0.306 e. The predicted molar refractivity (Wildman–Crippen MR) is 79.6 cm³/mol. The molecule has 0 radical (unpaired) electrons. The van der Waals surface area contributed by atoms with Crippen LogP contribution in [0.15, 0.2) is 12.2 Å². The number of carboxylic acid groups (broad SMARTS) is 1. The number of carbonyl (C=O) groups is 2. The van der Waals surface area contributed by atoms with Crippen LogP contribution in [0.2, 0.25) is 0 Å². The maximum atomic E-state index is 11.3. The van der Waals surface area contributed by atoms with Gasteiger partial charge in [-0.05, 0) is 25.7 Å². The average molecular weight is 284 g/mol. The summed E-state index contributed by atoms with van der Waals surface area (Å²) in [5, 5.41) is 8.46. The minimum Gasteiger partial charge on any atom is -0.481 e. The van der Waals surface area contributed by atoms with Gasteiger partial charge in [-0.2, -0.15) is 0 Å². The zero-order chi connectivity index (χ0) is 15.1. The van der Waals surface area contributed by atoms with Gasteiger partial charge in [0.2, 0.25) is 0 Å². The summed E-state index contributed by atoms with van der Waals surface area (Å²) >= 11 is 0. The summed E-state index contributed by atoms with van der Waals surface area (Å²) in [4.78, 5) is 21.6. The first-order chi connectivity index (χ1) is 9.66. The Kier molecular flexibility index (Phi) is 13.2. The number of aliphatic carboxylic acids is 1. The van der Waals surface area contributed by atoms with Crippen molar-refractivity contribution >= 4 is 11.9 Å².